The molecule has 0 aromatic heterocycles. The van der Waals surface area contributed by atoms with Crippen LogP contribution in [0.4, 0.5) is 0 Å². The number of halogens is 1. The topological polar surface area (TPSA) is 41.5 Å². The highest BCUT2D eigenvalue weighted by molar-refractivity contribution is 9.10. The summed E-state index contributed by atoms with van der Waals surface area (Å²) in [5.74, 6) is 1.02. The highest BCUT2D eigenvalue weighted by Gasteiger charge is 2.22. The van der Waals surface area contributed by atoms with Gasteiger partial charge in [0.1, 0.15) is 5.75 Å². The van der Waals surface area contributed by atoms with Crippen molar-refractivity contribution >= 4 is 15.9 Å². The lowest BCUT2D eigenvalue weighted by molar-refractivity contribution is 0.0322. The predicted octanol–water partition coefficient (Wildman–Crippen LogP) is 3.02. The molecule has 1 aromatic rings. The SMILES string of the molecule is CCC(O)(CC)CNCc1cc(Br)cc2c1OCC2. The van der Waals surface area contributed by atoms with E-state index in [1.807, 2.05) is 13.8 Å². The molecule has 0 fully saturated rings. The van der Waals surface area contributed by atoms with Gasteiger partial charge >= 0.3 is 0 Å². The summed E-state index contributed by atoms with van der Waals surface area (Å²) in [4.78, 5) is 0. The first-order chi connectivity index (χ1) is 9.08. The molecule has 1 aliphatic rings. The van der Waals surface area contributed by atoms with Crippen LogP contribution in [0.3, 0.4) is 0 Å². The Bertz CT molecular complexity index is 444. The molecule has 3 nitrogen and oxygen atoms in total. The Hall–Kier alpha value is -0.580. The smallest absolute Gasteiger partial charge is 0.127 e. The van der Waals surface area contributed by atoms with E-state index in [9.17, 15) is 5.11 Å². The summed E-state index contributed by atoms with van der Waals surface area (Å²) in [6, 6.07) is 4.22. The molecule has 0 amide bonds. The molecule has 0 saturated heterocycles. The van der Waals surface area contributed by atoms with Crippen molar-refractivity contribution < 1.29 is 9.84 Å². The van der Waals surface area contributed by atoms with Gasteiger partial charge in [-0.15, -0.1) is 0 Å². The molecular formula is C15H22BrNO2. The third-order valence-electron chi connectivity index (χ3n) is 3.91. The first-order valence-corrected chi connectivity index (χ1v) is 7.74. The number of ether oxygens (including phenoxy) is 1. The van der Waals surface area contributed by atoms with E-state index in [-0.39, 0.29) is 0 Å². The van der Waals surface area contributed by atoms with Crippen molar-refractivity contribution in [1.29, 1.82) is 0 Å². The van der Waals surface area contributed by atoms with Crippen molar-refractivity contribution in [2.24, 2.45) is 0 Å². The molecule has 0 unspecified atom stereocenters. The van der Waals surface area contributed by atoms with Gasteiger partial charge in [-0.25, -0.2) is 0 Å². The lowest BCUT2D eigenvalue weighted by Crippen LogP contribution is -2.39. The van der Waals surface area contributed by atoms with Crippen LogP contribution in [0.2, 0.25) is 0 Å². The highest BCUT2D eigenvalue weighted by atomic mass is 79.9. The first kappa shape index (κ1) is 14.8. The second-order valence-electron chi connectivity index (χ2n) is 5.19. The van der Waals surface area contributed by atoms with Gasteiger partial charge in [-0.2, -0.15) is 0 Å². The van der Waals surface area contributed by atoms with Crippen LogP contribution in [-0.2, 0) is 13.0 Å². The van der Waals surface area contributed by atoms with Crippen LogP contribution < -0.4 is 10.1 Å². The van der Waals surface area contributed by atoms with Gasteiger partial charge in [0.25, 0.3) is 0 Å². The minimum atomic E-state index is -0.601. The first-order valence-electron chi connectivity index (χ1n) is 6.95. The average molecular weight is 328 g/mol. The fraction of sp³-hybridized carbons (Fsp3) is 0.600. The monoisotopic (exact) mass is 327 g/mol. The summed E-state index contributed by atoms with van der Waals surface area (Å²) in [7, 11) is 0. The molecule has 4 heteroatoms. The van der Waals surface area contributed by atoms with Gasteiger partial charge in [-0.3, -0.25) is 0 Å². The second kappa shape index (κ2) is 6.25. The number of benzene rings is 1. The molecule has 2 N–H and O–H groups in total. The molecule has 0 aliphatic carbocycles. The van der Waals surface area contributed by atoms with Gasteiger partial charge in [0.05, 0.1) is 12.2 Å². The normalized spacial score (nSPS) is 14.3. The minimum absolute atomic E-state index is 0.601. The van der Waals surface area contributed by atoms with E-state index in [1.54, 1.807) is 0 Å². The fourth-order valence-electron chi connectivity index (χ4n) is 2.41. The van der Waals surface area contributed by atoms with E-state index in [1.165, 1.54) is 5.56 Å². The molecule has 0 spiro atoms. The molecule has 1 heterocycles. The van der Waals surface area contributed by atoms with E-state index in [0.29, 0.717) is 6.54 Å². The lowest BCUT2D eigenvalue weighted by atomic mass is 9.97. The third-order valence-corrected chi connectivity index (χ3v) is 4.37. The second-order valence-corrected chi connectivity index (χ2v) is 6.10. The number of nitrogens with one attached hydrogen (secondary N) is 1. The number of rotatable bonds is 6. The van der Waals surface area contributed by atoms with Crippen LogP contribution in [0.5, 0.6) is 5.75 Å². The summed E-state index contributed by atoms with van der Waals surface area (Å²) in [5, 5.41) is 13.6. The van der Waals surface area contributed by atoms with Crippen LogP contribution >= 0.6 is 15.9 Å². The van der Waals surface area contributed by atoms with Gasteiger partial charge < -0.3 is 15.2 Å². The maximum atomic E-state index is 10.3. The van der Waals surface area contributed by atoms with Crippen LogP contribution in [0, 0.1) is 0 Å². The van der Waals surface area contributed by atoms with Crippen molar-refractivity contribution in [3.63, 3.8) is 0 Å². The van der Waals surface area contributed by atoms with Crippen LogP contribution in [0.25, 0.3) is 0 Å². The Morgan fingerprint density at radius 2 is 2.11 bits per heavy atom. The van der Waals surface area contributed by atoms with Gasteiger partial charge in [0, 0.05) is 29.5 Å². The largest absolute Gasteiger partial charge is 0.493 e. The van der Waals surface area contributed by atoms with E-state index < -0.39 is 5.60 Å². The predicted molar refractivity (Wildman–Crippen MR) is 80.6 cm³/mol. The summed E-state index contributed by atoms with van der Waals surface area (Å²) in [5.41, 5.74) is 1.83. The van der Waals surface area contributed by atoms with Gasteiger partial charge in [-0.05, 0) is 30.5 Å². The molecule has 1 aromatic carbocycles. The maximum Gasteiger partial charge on any atom is 0.127 e. The van der Waals surface area contributed by atoms with Crippen molar-refractivity contribution in [1.82, 2.24) is 5.32 Å². The van der Waals surface area contributed by atoms with Crippen molar-refractivity contribution in [3.05, 3.63) is 27.7 Å². The number of hydrogen-bond donors (Lipinski definition) is 2. The minimum Gasteiger partial charge on any atom is -0.493 e. The van der Waals surface area contributed by atoms with Crippen molar-refractivity contribution in [3.8, 4) is 5.75 Å². The van der Waals surface area contributed by atoms with Crippen LogP contribution in [0.15, 0.2) is 16.6 Å². The lowest BCUT2D eigenvalue weighted by Gasteiger charge is -2.25. The van der Waals surface area contributed by atoms with Crippen molar-refractivity contribution in [2.45, 2.75) is 45.3 Å². The van der Waals surface area contributed by atoms with Crippen molar-refractivity contribution in [2.75, 3.05) is 13.2 Å². The zero-order valence-corrected chi connectivity index (χ0v) is 13.2. The van der Waals surface area contributed by atoms with Gasteiger partial charge in [-0.1, -0.05) is 29.8 Å². The zero-order chi connectivity index (χ0) is 13.9. The molecule has 1 aliphatic heterocycles. The molecule has 0 saturated carbocycles. The Morgan fingerprint density at radius 3 is 2.79 bits per heavy atom. The van der Waals surface area contributed by atoms with E-state index in [4.69, 9.17) is 4.74 Å². The quantitative estimate of drug-likeness (QED) is 0.843. The Labute approximate surface area is 123 Å². The molecule has 0 bridgehead atoms. The van der Waals surface area contributed by atoms with E-state index in [0.717, 1.165) is 48.2 Å². The van der Waals surface area contributed by atoms with E-state index in [2.05, 4.69) is 33.4 Å². The molecule has 0 radical (unpaired) electrons. The zero-order valence-electron chi connectivity index (χ0n) is 11.6. The average Bonchev–Trinajstić information content (AvgIpc) is 2.86. The van der Waals surface area contributed by atoms with Gasteiger partial charge in [0.2, 0.25) is 0 Å². The summed E-state index contributed by atoms with van der Waals surface area (Å²) >= 11 is 3.54. The van der Waals surface area contributed by atoms with E-state index >= 15 is 0 Å². The van der Waals surface area contributed by atoms with Crippen LogP contribution in [0.1, 0.15) is 37.8 Å². The summed E-state index contributed by atoms with van der Waals surface area (Å²) < 4.78 is 6.79. The standard InChI is InChI=1S/C15H22BrNO2/c1-3-15(18,4-2)10-17-9-12-8-13(16)7-11-5-6-19-14(11)12/h7-8,17-18H,3-6,9-10H2,1-2H3. The number of aliphatic hydroxyl groups is 1. The summed E-state index contributed by atoms with van der Waals surface area (Å²) in [6.07, 6.45) is 2.52. The Balaban J connectivity index is 2.01. The Kier molecular flexibility index (Phi) is 4.87. The Morgan fingerprint density at radius 1 is 1.37 bits per heavy atom. The number of fused-ring (bicyclic) bond motifs is 1. The molecule has 2 rings (SSSR count). The molecular weight excluding hydrogens is 306 g/mol. The van der Waals surface area contributed by atoms with Gasteiger partial charge in [0.15, 0.2) is 0 Å². The van der Waals surface area contributed by atoms with Crippen LogP contribution in [-0.4, -0.2) is 23.9 Å². The summed E-state index contributed by atoms with van der Waals surface area (Å²) in [6.45, 7) is 6.15. The number of hydrogen-bond acceptors (Lipinski definition) is 3. The maximum absolute atomic E-state index is 10.3. The molecule has 106 valence electrons. The molecule has 0 atom stereocenters. The molecule has 19 heavy (non-hydrogen) atoms. The third kappa shape index (κ3) is 3.50. The fourth-order valence-corrected chi connectivity index (χ4v) is 2.96. The highest BCUT2D eigenvalue weighted by Crippen LogP contribution is 2.32.